The van der Waals surface area contributed by atoms with E-state index in [4.69, 9.17) is 4.74 Å². The van der Waals surface area contributed by atoms with Gasteiger partial charge in [-0.3, -0.25) is 0 Å². The molecule has 2 fully saturated rings. The molecule has 0 aromatic carbocycles. The number of unbranched alkanes of at least 4 members (excludes halogenated alkanes) is 1. The van der Waals surface area contributed by atoms with Crippen LogP contribution in [0.25, 0.3) is 0 Å². The maximum Gasteiger partial charge on any atom is 0.0575 e. The second kappa shape index (κ2) is 10.7. The van der Waals surface area contributed by atoms with Gasteiger partial charge in [0.15, 0.2) is 0 Å². The number of ether oxygens (including phenoxy) is 1. The van der Waals surface area contributed by atoms with Crippen LogP contribution >= 0.6 is 0 Å². The first-order valence-electron chi connectivity index (χ1n) is 10.8. The molecule has 0 saturated heterocycles. The predicted molar refractivity (Wildman–Crippen MR) is 101 cm³/mol. The molecule has 0 N–H and O–H groups in total. The first-order chi connectivity index (χ1) is 11.2. The Morgan fingerprint density at radius 2 is 1.39 bits per heavy atom. The number of hydrogen-bond donors (Lipinski definition) is 0. The van der Waals surface area contributed by atoms with Crippen molar-refractivity contribution in [2.45, 2.75) is 110 Å². The van der Waals surface area contributed by atoms with Crippen LogP contribution < -0.4 is 0 Å². The van der Waals surface area contributed by atoms with Crippen LogP contribution in [0, 0.1) is 23.7 Å². The highest BCUT2D eigenvalue weighted by Crippen LogP contribution is 2.41. The maximum absolute atomic E-state index is 6.32. The van der Waals surface area contributed by atoms with Gasteiger partial charge in [0.2, 0.25) is 0 Å². The Morgan fingerprint density at radius 1 is 0.783 bits per heavy atom. The third-order valence-corrected chi connectivity index (χ3v) is 6.68. The van der Waals surface area contributed by atoms with E-state index in [9.17, 15) is 0 Å². The Bertz CT molecular complexity index is 284. The van der Waals surface area contributed by atoms with Gasteiger partial charge in [-0.25, -0.2) is 0 Å². The van der Waals surface area contributed by atoms with Crippen LogP contribution in [0.15, 0.2) is 0 Å². The van der Waals surface area contributed by atoms with E-state index in [0.717, 1.165) is 30.3 Å². The van der Waals surface area contributed by atoms with Crippen molar-refractivity contribution in [1.29, 1.82) is 0 Å². The Labute approximate surface area is 146 Å². The highest BCUT2D eigenvalue weighted by atomic mass is 16.5. The molecule has 2 saturated carbocycles. The average molecular weight is 323 g/mol. The molecular formula is C22H42O. The SMILES string of the molecule is CCCCC(CCC)OCC1CCC(C2CCC(C)CC2)CC1. The average Bonchev–Trinajstić information content (AvgIpc) is 2.58. The lowest BCUT2D eigenvalue weighted by molar-refractivity contribution is 0.00299. The summed E-state index contributed by atoms with van der Waals surface area (Å²) in [6, 6.07) is 0. The van der Waals surface area contributed by atoms with Gasteiger partial charge in [0.25, 0.3) is 0 Å². The summed E-state index contributed by atoms with van der Waals surface area (Å²) < 4.78 is 6.32. The number of hydrogen-bond acceptors (Lipinski definition) is 1. The molecule has 1 nitrogen and oxygen atoms in total. The van der Waals surface area contributed by atoms with Gasteiger partial charge in [-0.2, -0.15) is 0 Å². The molecule has 1 heteroatoms. The topological polar surface area (TPSA) is 9.23 Å². The smallest absolute Gasteiger partial charge is 0.0575 e. The van der Waals surface area contributed by atoms with Crippen molar-refractivity contribution in [3.8, 4) is 0 Å². The van der Waals surface area contributed by atoms with Crippen LogP contribution in [0.1, 0.15) is 104 Å². The molecule has 1 atom stereocenters. The van der Waals surface area contributed by atoms with Gasteiger partial charge in [0.1, 0.15) is 0 Å². The zero-order valence-corrected chi connectivity index (χ0v) is 16.2. The van der Waals surface area contributed by atoms with Crippen molar-refractivity contribution in [2.75, 3.05) is 6.61 Å². The summed E-state index contributed by atoms with van der Waals surface area (Å²) in [4.78, 5) is 0. The van der Waals surface area contributed by atoms with Gasteiger partial charge in [0, 0.05) is 6.61 Å². The van der Waals surface area contributed by atoms with Gasteiger partial charge in [-0.15, -0.1) is 0 Å². The predicted octanol–water partition coefficient (Wildman–Crippen LogP) is 6.99. The van der Waals surface area contributed by atoms with E-state index in [0.29, 0.717) is 6.10 Å². The van der Waals surface area contributed by atoms with E-state index in [1.165, 1.54) is 83.5 Å². The third kappa shape index (κ3) is 6.77. The zero-order chi connectivity index (χ0) is 16.5. The van der Waals surface area contributed by atoms with Crippen LogP contribution in [0.4, 0.5) is 0 Å². The summed E-state index contributed by atoms with van der Waals surface area (Å²) in [6.45, 7) is 8.06. The quantitative estimate of drug-likeness (QED) is 0.444. The normalized spacial score (nSPS) is 33.5. The van der Waals surface area contributed by atoms with Crippen molar-refractivity contribution in [1.82, 2.24) is 0 Å². The third-order valence-electron chi connectivity index (χ3n) is 6.68. The van der Waals surface area contributed by atoms with E-state index in [1.807, 2.05) is 0 Å². The van der Waals surface area contributed by atoms with Gasteiger partial charge < -0.3 is 4.74 Å². The van der Waals surface area contributed by atoms with E-state index >= 15 is 0 Å². The van der Waals surface area contributed by atoms with E-state index in [2.05, 4.69) is 20.8 Å². The zero-order valence-electron chi connectivity index (χ0n) is 16.2. The van der Waals surface area contributed by atoms with E-state index < -0.39 is 0 Å². The Kier molecular flexibility index (Phi) is 9.01. The lowest BCUT2D eigenvalue weighted by Gasteiger charge is -2.37. The van der Waals surface area contributed by atoms with Gasteiger partial charge in [-0.05, 0) is 75.0 Å². The first-order valence-corrected chi connectivity index (χ1v) is 10.8. The lowest BCUT2D eigenvalue weighted by Crippen LogP contribution is -2.27. The molecule has 1 unspecified atom stereocenters. The molecule has 0 aromatic rings. The summed E-state index contributed by atoms with van der Waals surface area (Å²) in [5.74, 6) is 3.96. The van der Waals surface area contributed by atoms with Gasteiger partial charge >= 0.3 is 0 Å². The lowest BCUT2D eigenvalue weighted by atomic mass is 9.69. The fourth-order valence-corrected chi connectivity index (χ4v) is 4.92. The van der Waals surface area contributed by atoms with Crippen LogP contribution in [0.2, 0.25) is 0 Å². The van der Waals surface area contributed by atoms with Gasteiger partial charge in [-0.1, -0.05) is 52.9 Å². The van der Waals surface area contributed by atoms with Crippen LogP contribution in [-0.4, -0.2) is 12.7 Å². The minimum atomic E-state index is 0.539. The summed E-state index contributed by atoms with van der Waals surface area (Å²) in [6.07, 6.45) is 18.8. The van der Waals surface area contributed by atoms with Crippen LogP contribution in [-0.2, 0) is 4.74 Å². The fourth-order valence-electron chi connectivity index (χ4n) is 4.92. The molecule has 0 aliphatic heterocycles. The van der Waals surface area contributed by atoms with Crippen LogP contribution in [0.5, 0.6) is 0 Å². The molecule has 0 amide bonds. The maximum atomic E-state index is 6.32. The molecule has 2 aliphatic rings. The molecule has 0 bridgehead atoms. The molecular weight excluding hydrogens is 280 g/mol. The molecule has 0 heterocycles. The van der Waals surface area contributed by atoms with Crippen molar-refractivity contribution >= 4 is 0 Å². The molecule has 2 rings (SSSR count). The summed E-state index contributed by atoms with van der Waals surface area (Å²) in [5, 5.41) is 0. The monoisotopic (exact) mass is 322 g/mol. The van der Waals surface area contributed by atoms with Crippen molar-refractivity contribution in [2.24, 2.45) is 23.7 Å². The Morgan fingerprint density at radius 3 is 1.96 bits per heavy atom. The van der Waals surface area contributed by atoms with Gasteiger partial charge in [0.05, 0.1) is 6.10 Å². The molecule has 2 aliphatic carbocycles. The fraction of sp³-hybridized carbons (Fsp3) is 1.00. The Balaban J connectivity index is 1.63. The van der Waals surface area contributed by atoms with Crippen molar-refractivity contribution < 1.29 is 4.74 Å². The second-order valence-corrected chi connectivity index (χ2v) is 8.69. The molecule has 136 valence electrons. The minimum Gasteiger partial charge on any atom is -0.378 e. The molecule has 23 heavy (non-hydrogen) atoms. The summed E-state index contributed by atoms with van der Waals surface area (Å²) >= 11 is 0. The minimum absolute atomic E-state index is 0.539. The highest BCUT2D eigenvalue weighted by molar-refractivity contribution is 4.81. The summed E-state index contributed by atoms with van der Waals surface area (Å²) in [5.41, 5.74) is 0. The molecule has 0 spiro atoms. The number of rotatable bonds is 9. The van der Waals surface area contributed by atoms with Crippen molar-refractivity contribution in [3.63, 3.8) is 0 Å². The Hall–Kier alpha value is -0.0400. The first kappa shape index (κ1) is 19.3. The second-order valence-electron chi connectivity index (χ2n) is 8.69. The standard InChI is InChI=1S/C22H42O/c1-4-6-8-22(7-5-2)23-17-19-11-15-21(16-12-19)20-13-9-18(3)10-14-20/h18-22H,4-17H2,1-3H3. The van der Waals surface area contributed by atoms with Crippen molar-refractivity contribution in [3.05, 3.63) is 0 Å². The highest BCUT2D eigenvalue weighted by Gasteiger charge is 2.30. The molecule has 0 aromatic heterocycles. The largest absolute Gasteiger partial charge is 0.378 e. The van der Waals surface area contributed by atoms with E-state index in [-0.39, 0.29) is 0 Å². The summed E-state index contributed by atoms with van der Waals surface area (Å²) in [7, 11) is 0. The van der Waals surface area contributed by atoms with Crippen LogP contribution in [0.3, 0.4) is 0 Å². The molecule has 0 radical (unpaired) electrons. The van der Waals surface area contributed by atoms with E-state index in [1.54, 1.807) is 0 Å².